The molecule has 1 fully saturated rings. The molecule has 1 N–H and O–H groups in total. The third-order valence-electron chi connectivity index (χ3n) is 6.52. The number of aromatic nitrogens is 1. The maximum absolute atomic E-state index is 13.5. The number of furan rings is 1. The summed E-state index contributed by atoms with van der Waals surface area (Å²) >= 11 is 0. The van der Waals surface area contributed by atoms with Gasteiger partial charge in [0.2, 0.25) is 11.8 Å². The third kappa shape index (κ3) is 4.95. The van der Waals surface area contributed by atoms with E-state index in [1.807, 2.05) is 69.3 Å². The summed E-state index contributed by atoms with van der Waals surface area (Å²) in [6.45, 7) is 8.38. The summed E-state index contributed by atoms with van der Waals surface area (Å²) in [4.78, 5) is 32.0. The molecule has 0 radical (unpaired) electrons. The Morgan fingerprint density at radius 3 is 2.70 bits per heavy atom. The van der Waals surface area contributed by atoms with Crippen LogP contribution in [0.4, 0.5) is 0 Å². The predicted octanol–water partition coefficient (Wildman–Crippen LogP) is 4.83. The topological polar surface area (TPSA) is 75.4 Å². The molecule has 0 unspecified atom stereocenters. The molecule has 1 aromatic carbocycles. The van der Waals surface area contributed by atoms with Crippen molar-refractivity contribution in [1.82, 2.24) is 15.2 Å². The van der Waals surface area contributed by atoms with E-state index >= 15 is 0 Å². The highest BCUT2D eigenvalue weighted by molar-refractivity contribution is 5.89. The molecule has 0 saturated carbocycles. The van der Waals surface area contributed by atoms with E-state index in [9.17, 15) is 9.59 Å². The maximum atomic E-state index is 13.5. The number of carbonyl (C=O) groups is 2. The third-order valence-corrected chi connectivity index (χ3v) is 6.52. The Labute approximate surface area is 195 Å². The number of nitrogens with one attached hydrogen (secondary N) is 1. The highest BCUT2D eigenvalue weighted by Crippen LogP contribution is 2.31. The maximum Gasteiger partial charge on any atom is 0.245 e. The Balaban J connectivity index is 1.55. The number of amides is 2. The van der Waals surface area contributed by atoms with Crippen molar-refractivity contribution in [3.8, 4) is 11.1 Å². The van der Waals surface area contributed by atoms with Gasteiger partial charge in [-0.15, -0.1) is 0 Å². The molecule has 1 aliphatic rings. The minimum atomic E-state index is -0.501. The number of rotatable bonds is 7. The van der Waals surface area contributed by atoms with Gasteiger partial charge in [0.25, 0.3) is 0 Å². The van der Waals surface area contributed by atoms with Gasteiger partial charge in [-0.3, -0.25) is 14.6 Å². The zero-order chi connectivity index (χ0) is 23.5. The van der Waals surface area contributed by atoms with E-state index in [1.165, 1.54) is 0 Å². The number of fused-ring (bicyclic) bond motifs is 1. The first-order chi connectivity index (χ1) is 15.8. The van der Waals surface area contributed by atoms with E-state index in [-0.39, 0.29) is 29.7 Å². The van der Waals surface area contributed by atoms with Gasteiger partial charge in [-0.2, -0.15) is 0 Å². The smallest absolute Gasteiger partial charge is 0.245 e. The first-order valence-corrected chi connectivity index (χ1v) is 11.9. The second kappa shape index (κ2) is 9.77. The van der Waals surface area contributed by atoms with E-state index in [0.717, 1.165) is 53.5 Å². The molecule has 0 bridgehead atoms. The van der Waals surface area contributed by atoms with Gasteiger partial charge >= 0.3 is 0 Å². The molecular formula is C27H33N3O3. The Bertz CT molecular complexity index is 1120. The van der Waals surface area contributed by atoms with Gasteiger partial charge in [-0.05, 0) is 48.9 Å². The van der Waals surface area contributed by atoms with Crippen LogP contribution in [0, 0.1) is 11.8 Å². The van der Waals surface area contributed by atoms with Crippen molar-refractivity contribution in [1.29, 1.82) is 0 Å². The number of likely N-dealkylation sites (tertiary alicyclic amines) is 1. The largest absolute Gasteiger partial charge is 0.464 e. The number of benzene rings is 1. The molecule has 33 heavy (non-hydrogen) atoms. The normalized spacial score (nSPS) is 17.2. The number of pyridine rings is 1. The molecule has 174 valence electrons. The van der Waals surface area contributed by atoms with Crippen molar-refractivity contribution < 1.29 is 14.0 Å². The summed E-state index contributed by atoms with van der Waals surface area (Å²) in [6, 6.07) is 9.75. The second-order valence-corrected chi connectivity index (χ2v) is 9.63. The van der Waals surface area contributed by atoms with Crippen molar-refractivity contribution in [3.05, 3.63) is 54.6 Å². The quantitative estimate of drug-likeness (QED) is 0.563. The Hall–Kier alpha value is -3.15. The van der Waals surface area contributed by atoms with Crippen LogP contribution in [0.1, 0.15) is 46.1 Å². The number of hydrogen-bond acceptors (Lipinski definition) is 4. The monoisotopic (exact) mass is 447 g/mol. The van der Waals surface area contributed by atoms with Crippen molar-refractivity contribution in [3.63, 3.8) is 0 Å². The van der Waals surface area contributed by atoms with Crippen molar-refractivity contribution in [2.24, 2.45) is 11.8 Å². The lowest BCUT2D eigenvalue weighted by atomic mass is 9.98. The minimum absolute atomic E-state index is 0.0188. The zero-order valence-electron chi connectivity index (χ0n) is 19.9. The van der Waals surface area contributed by atoms with E-state index < -0.39 is 6.04 Å². The van der Waals surface area contributed by atoms with Gasteiger partial charge in [0.15, 0.2) is 0 Å². The Morgan fingerprint density at radius 2 is 2.00 bits per heavy atom. The fraction of sp³-hybridized carbons (Fsp3) is 0.444. The summed E-state index contributed by atoms with van der Waals surface area (Å²) in [5.41, 5.74) is 4.10. The first kappa shape index (κ1) is 23.0. The van der Waals surface area contributed by atoms with Crippen molar-refractivity contribution in [2.45, 2.75) is 59.0 Å². The molecule has 2 aromatic heterocycles. The Morgan fingerprint density at radius 1 is 1.18 bits per heavy atom. The summed E-state index contributed by atoms with van der Waals surface area (Å²) < 4.78 is 5.83. The number of nitrogens with zero attached hydrogens (tertiary/aromatic N) is 2. The standard InChI is InChI=1S/C27H33N3O3/c1-17(2)25(29-26(31)18(3)4)27(32)30-12-6-8-22(30)13-21-16-33-24-10-9-19(14-23(21)24)20-7-5-11-28-15-20/h5,7,9-11,14-18,22,25H,6,8,12-13H2,1-4H3,(H,29,31)/t22-,25-/m0/s1. The van der Waals surface area contributed by atoms with Crippen LogP contribution in [-0.2, 0) is 16.0 Å². The predicted molar refractivity (Wildman–Crippen MR) is 129 cm³/mol. The summed E-state index contributed by atoms with van der Waals surface area (Å²) in [6.07, 6.45) is 8.10. The first-order valence-electron chi connectivity index (χ1n) is 11.9. The van der Waals surface area contributed by atoms with Gasteiger partial charge < -0.3 is 14.6 Å². The lowest BCUT2D eigenvalue weighted by Gasteiger charge is -2.31. The van der Waals surface area contributed by atoms with Gasteiger partial charge in [0.05, 0.1) is 6.26 Å². The number of hydrogen-bond donors (Lipinski definition) is 1. The molecule has 2 amide bonds. The second-order valence-electron chi connectivity index (χ2n) is 9.63. The molecule has 1 saturated heterocycles. The molecule has 0 spiro atoms. The number of carbonyl (C=O) groups excluding carboxylic acids is 2. The fourth-order valence-corrected chi connectivity index (χ4v) is 4.56. The molecule has 6 nitrogen and oxygen atoms in total. The van der Waals surface area contributed by atoms with Crippen LogP contribution in [0.3, 0.4) is 0 Å². The molecule has 4 rings (SSSR count). The van der Waals surface area contributed by atoms with Crippen molar-refractivity contribution >= 4 is 22.8 Å². The molecule has 0 aliphatic carbocycles. The van der Waals surface area contributed by atoms with E-state index in [2.05, 4.69) is 16.4 Å². The van der Waals surface area contributed by atoms with Crippen molar-refractivity contribution in [2.75, 3.05) is 6.54 Å². The molecular weight excluding hydrogens is 414 g/mol. The highest BCUT2D eigenvalue weighted by Gasteiger charge is 2.35. The minimum Gasteiger partial charge on any atom is -0.464 e. The SMILES string of the molecule is CC(C)C(=O)N[C@H](C(=O)N1CCC[C@H]1Cc1coc2ccc(-c3cccnc3)cc12)C(C)C. The van der Waals surface area contributed by atoms with Crippen LogP contribution in [0.5, 0.6) is 0 Å². The fourth-order valence-electron chi connectivity index (χ4n) is 4.56. The summed E-state index contributed by atoms with van der Waals surface area (Å²) in [5.74, 6) is -0.190. The van der Waals surface area contributed by atoms with E-state index in [0.29, 0.717) is 0 Å². The Kier molecular flexibility index (Phi) is 6.82. The lowest BCUT2D eigenvalue weighted by molar-refractivity contribution is -0.139. The average molecular weight is 448 g/mol. The van der Waals surface area contributed by atoms with Gasteiger partial charge in [0, 0.05) is 47.4 Å². The lowest BCUT2D eigenvalue weighted by Crippen LogP contribution is -2.53. The van der Waals surface area contributed by atoms with Crippen LogP contribution in [-0.4, -0.2) is 40.3 Å². The zero-order valence-corrected chi connectivity index (χ0v) is 19.9. The van der Waals surface area contributed by atoms with E-state index in [4.69, 9.17) is 4.42 Å². The van der Waals surface area contributed by atoms with Crippen LogP contribution < -0.4 is 5.32 Å². The van der Waals surface area contributed by atoms with Crippen LogP contribution in [0.25, 0.3) is 22.1 Å². The molecule has 6 heteroatoms. The average Bonchev–Trinajstić information content (AvgIpc) is 3.44. The van der Waals surface area contributed by atoms with Gasteiger partial charge in [-0.25, -0.2) is 0 Å². The molecule has 2 atom stereocenters. The van der Waals surface area contributed by atoms with Crippen LogP contribution in [0.15, 0.2) is 53.4 Å². The highest BCUT2D eigenvalue weighted by atomic mass is 16.3. The van der Waals surface area contributed by atoms with Crippen LogP contribution >= 0.6 is 0 Å². The van der Waals surface area contributed by atoms with Gasteiger partial charge in [0.1, 0.15) is 11.6 Å². The molecule has 3 heterocycles. The molecule has 1 aliphatic heterocycles. The van der Waals surface area contributed by atoms with E-state index in [1.54, 1.807) is 6.20 Å². The molecule has 3 aromatic rings. The summed E-state index contributed by atoms with van der Waals surface area (Å²) in [7, 11) is 0. The summed E-state index contributed by atoms with van der Waals surface area (Å²) in [5, 5.41) is 4.05. The van der Waals surface area contributed by atoms with Gasteiger partial charge in [-0.1, -0.05) is 39.8 Å². The van der Waals surface area contributed by atoms with Crippen LogP contribution in [0.2, 0.25) is 0 Å².